The van der Waals surface area contributed by atoms with Crippen LogP contribution in [-0.4, -0.2) is 12.5 Å². The molecule has 4 rings (SSSR count). The predicted octanol–water partition coefficient (Wildman–Crippen LogP) is 7.23. The van der Waals surface area contributed by atoms with Crippen LogP contribution in [0, 0.1) is 0 Å². The number of hydrogen-bond acceptors (Lipinski definition) is 4. The second kappa shape index (κ2) is 5.93. The molecule has 0 unspecified atom stereocenters. The monoisotopic (exact) mass is 358 g/mol. The van der Waals surface area contributed by atoms with Crippen molar-refractivity contribution in [2.75, 3.05) is 12.5 Å². The summed E-state index contributed by atoms with van der Waals surface area (Å²) < 4.78 is 2.76. The fourth-order valence-corrected chi connectivity index (χ4v) is 7.47. The molecule has 0 aliphatic heterocycles. The minimum atomic E-state index is 1.38. The third-order valence-corrected chi connectivity index (χ3v) is 8.14. The summed E-state index contributed by atoms with van der Waals surface area (Å²) in [6, 6.07) is 17.5. The molecule has 0 aliphatic carbocycles. The Morgan fingerprint density at radius 2 is 1.05 bits per heavy atom. The lowest BCUT2D eigenvalue weighted by Crippen LogP contribution is -1.74. The van der Waals surface area contributed by atoms with Gasteiger partial charge in [-0.2, -0.15) is 0 Å². The molecule has 0 atom stereocenters. The van der Waals surface area contributed by atoms with Crippen LogP contribution in [0.5, 0.6) is 0 Å². The zero-order valence-corrected chi connectivity index (χ0v) is 15.5. The molecule has 0 saturated heterocycles. The summed E-state index contributed by atoms with van der Waals surface area (Å²) in [4.78, 5) is 5.70. The van der Waals surface area contributed by atoms with Gasteiger partial charge in [-0.25, -0.2) is 0 Å². The van der Waals surface area contributed by atoms with Crippen LogP contribution in [0.2, 0.25) is 0 Å². The first-order valence-corrected chi connectivity index (χ1v) is 11.0. The maximum absolute atomic E-state index is 2.24. The summed E-state index contributed by atoms with van der Waals surface area (Å²) in [5, 5.41) is 2.78. The van der Waals surface area contributed by atoms with Gasteiger partial charge in [0.2, 0.25) is 0 Å². The second-order valence-electron chi connectivity index (χ2n) is 4.92. The van der Waals surface area contributed by atoms with Gasteiger partial charge in [-0.05, 0) is 24.6 Å². The lowest BCUT2D eigenvalue weighted by molar-refractivity contribution is 1.59. The Morgan fingerprint density at radius 1 is 0.636 bits per heavy atom. The van der Waals surface area contributed by atoms with Gasteiger partial charge < -0.3 is 0 Å². The van der Waals surface area contributed by atoms with E-state index in [0.29, 0.717) is 0 Å². The highest BCUT2D eigenvalue weighted by atomic mass is 32.2. The summed E-state index contributed by atoms with van der Waals surface area (Å²) in [7, 11) is 0. The van der Waals surface area contributed by atoms with E-state index in [0.717, 1.165) is 0 Å². The van der Waals surface area contributed by atoms with Crippen molar-refractivity contribution in [2.24, 2.45) is 0 Å². The number of fused-ring (bicyclic) bond motifs is 2. The molecule has 0 saturated carbocycles. The summed E-state index contributed by atoms with van der Waals surface area (Å²) in [6.07, 6.45) is 4.37. The molecule has 4 heteroatoms. The van der Waals surface area contributed by atoms with Crippen molar-refractivity contribution >= 4 is 66.4 Å². The molecule has 0 spiro atoms. The molecule has 110 valence electrons. The topological polar surface area (TPSA) is 0 Å². The largest absolute Gasteiger partial charge is 0.133 e. The molecule has 4 aromatic rings. The molecule has 0 fully saturated rings. The minimum Gasteiger partial charge on any atom is -0.133 e. The number of benzene rings is 2. The van der Waals surface area contributed by atoms with Gasteiger partial charge in [0.05, 0.1) is 9.75 Å². The molecule has 2 heterocycles. The molecule has 0 radical (unpaired) electrons. The highest BCUT2D eigenvalue weighted by molar-refractivity contribution is 7.99. The van der Waals surface area contributed by atoms with Crippen molar-refractivity contribution in [3.05, 3.63) is 48.5 Å². The third-order valence-electron chi connectivity index (χ3n) is 3.71. The van der Waals surface area contributed by atoms with Crippen molar-refractivity contribution in [3.8, 4) is 9.75 Å². The van der Waals surface area contributed by atoms with Crippen LogP contribution in [-0.2, 0) is 0 Å². The standard InChI is InChI=1S/C18H14S4/c1-19-15-11-7-3-5-9-13(11)21-17(15)18-16(20-2)12-8-4-6-10-14(12)22-18/h3-10H,1-2H3. The molecule has 0 nitrogen and oxygen atoms in total. The SMILES string of the molecule is CSc1c(-c2sc3ccccc3c2SC)sc2ccccc12. The van der Waals surface area contributed by atoms with Crippen molar-refractivity contribution < 1.29 is 0 Å². The van der Waals surface area contributed by atoms with E-state index in [2.05, 4.69) is 61.0 Å². The van der Waals surface area contributed by atoms with E-state index in [1.54, 1.807) is 0 Å². The van der Waals surface area contributed by atoms with Crippen molar-refractivity contribution in [1.82, 2.24) is 0 Å². The van der Waals surface area contributed by atoms with Crippen molar-refractivity contribution in [2.45, 2.75) is 9.79 Å². The Kier molecular flexibility index (Phi) is 3.95. The normalized spacial score (nSPS) is 11.5. The number of hydrogen-bond donors (Lipinski definition) is 0. The molecule has 2 aromatic carbocycles. The van der Waals surface area contributed by atoms with Crippen LogP contribution >= 0.6 is 46.2 Å². The first kappa shape index (κ1) is 14.6. The van der Waals surface area contributed by atoms with E-state index >= 15 is 0 Å². The molecule has 2 aromatic heterocycles. The average Bonchev–Trinajstić information content (AvgIpc) is 3.12. The fourth-order valence-electron chi connectivity index (χ4n) is 2.75. The Hall–Kier alpha value is -0.940. The van der Waals surface area contributed by atoms with Crippen LogP contribution < -0.4 is 0 Å². The molecular formula is C18H14S4. The van der Waals surface area contributed by atoms with Crippen molar-refractivity contribution in [1.29, 1.82) is 0 Å². The van der Waals surface area contributed by atoms with Gasteiger partial charge in [-0.15, -0.1) is 46.2 Å². The number of rotatable bonds is 3. The van der Waals surface area contributed by atoms with Gasteiger partial charge in [0.15, 0.2) is 0 Å². The molecule has 0 bridgehead atoms. The summed E-state index contributed by atoms with van der Waals surface area (Å²) in [5.41, 5.74) is 0. The zero-order chi connectivity index (χ0) is 15.1. The summed E-state index contributed by atoms with van der Waals surface area (Å²) in [6.45, 7) is 0. The maximum Gasteiger partial charge on any atom is 0.0602 e. The van der Waals surface area contributed by atoms with Crippen LogP contribution in [0.1, 0.15) is 0 Å². The lowest BCUT2D eigenvalue weighted by Gasteiger charge is -2.02. The van der Waals surface area contributed by atoms with Crippen LogP contribution in [0.15, 0.2) is 58.3 Å². The van der Waals surface area contributed by atoms with Crippen molar-refractivity contribution in [3.63, 3.8) is 0 Å². The predicted molar refractivity (Wildman–Crippen MR) is 106 cm³/mol. The third kappa shape index (κ3) is 2.21. The number of thioether (sulfide) groups is 2. The van der Waals surface area contributed by atoms with Crippen LogP contribution in [0.3, 0.4) is 0 Å². The molecule has 0 N–H and O–H groups in total. The van der Waals surface area contributed by atoms with Gasteiger partial charge in [-0.1, -0.05) is 36.4 Å². The Labute approximate surface area is 146 Å². The second-order valence-corrected chi connectivity index (χ2v) is 8.66. The first-order valence-electron chi connectivity index (χ1n) is 6.95. The number of thiophene rings is 2. The van der Waals surface area contributed by atoms with Gasteiger partial charge in [0.25, 0.3) is 0 Å². The van der Waals surface area contributed by atoms with E-state index in [1.165, 1.54) is 39.7 Å². The molecule has 0 amide bonds. The summed E-state index contributed by atoms with van der Waals surface area (Å²) in [5.74, 6) is 0. The van der Waals surface area contributed by atoms with Gasteiger partial charge >= 0.3 is 0 Å². The highest BCUT2D eigenvalue weighted by Gasteiger charge is 2.19. The van der Waals surface area contributed by atoms with E-state index in [4.69, 9.17) is 0 Å². The Bertz CT molecular complexity index is 882. The van der Waals surface area contributed by atoms with E-state index < -0.39 is 0 Å². The summed E-state index contributed by atoms with van der Waals surface area (Å²) >= 11 is 7.57. The van der Waals surface area contributed by atoms with Gasteiger partial charge in [0, 0.05) is 30.0 Å². The van der Waals surface area contributed by atoms with Crippen LogP contribution in [0.4, 0.5) is 0 Å². The molecular weight excluding hydrogens is 344 g/mol. The fraction of sp³-hybridized carbons (Fsp3) is 0.111. The zero-order valence-electron chi connectivity index (χ0n) is 12.3. The Morgan fingerprint density at radius 3 is 1.45 bits per heavy atom. The van der Waals surface area contributed by atoms with E-state index in [1.807, 2.05) is 46.2 Å². The van der Waals surface area contributed by atoms with Gasteiger partial charge in [-0.3, -0.25) is 0 Å². The quantitative estimate of drug-likeness (QED) is 0.354. The smallest absolute Gasteiger partial charge is 0.0602 e. The van der Waals surface area contributed by atoms with E-state index in [-0.39, 0.29) is 0 Å². The average molecular weight is 359 g/mol. The molecule has 0 aliphatic rings. The first-order chi connectivity index (χ1) is 10.8. The molecule has 22 heavy (non-hydrogen) atoms. The minimum absolute atomic E-state index is 1.38. The highest BCUT2D eigenvalue weighted by Crippen LogP contribution is 2.51. The maximum atomic E-state index is 2.24. The Balaban J connectivity index is 2.07. The van der Waals surface area contributed by atoms with E-state index in [9.17, 15) is 0 Å². The van der Waals surface area contributed by atoms with Crippen LogP contribution in [0.25, 0.3) is 29.9 Å². The lowest BCUT2D eigenvalue weighted by atomic mass is 10.2. The van der Waals surface area contributed by atoms with Gasteiger partial charge in [0.1, 0.15) is 0 Å².